The predicted octanol–water partition coefficient (Wildman–Crippen LogP) is 3.65. The number of carbonyl (C=O) groups excluding carboxylic acids is 1. The molecule has 0 radical (unpaired) electrons. The van der Waals surface area contributed by atoms with Crippen LogP contribution in [-0.2, 0) is 4.79 Å². The molecule has 2 aromatic rings. The van der Waals surface area contributed by atoms with E-state index in [2.05, 4.69) is 5.32 Å². The van der Waals surface area contributed by atoms with Crippen molar-refractivity contribution in [1.82, 2.24) is 0 Å². The van der Waals surface area contributed by atoms with Gasteiger partial charge in [0.2, 0.25) is 5.91 Å². The van der Waals surface area contributed by atoms with Gasteiger partial charge in [-0.1, -0.05) is 29.8 Å². The second kappa shape index (κ2) is 6.50. The van der Waals surface area contributed by atoms with Crippen molar-refractivity contribution >= 4 is 40.6 Å². The summed E-state index contributed by atoms with van der Waals surface area (Å²) in [7, 11) is 0. The number of nitrogens with two attached hydrogens (primary N) is 1. The Morgan fingerprint density at radius 2 is 2.00 bits per heavy atom. The molecule has 0 unspecified atom stereocenters. The maximum Gasteiger partial charge on any atom is 0.234 e. The van der Waals surface area contributed by atoms with Crippen LogP contribution < -0.4 is 11.1 Å². The van der Waals surface area contributed by atoms with Gasteiger partial charge < -0.3 is 11.1 Å². The van der Waals surface area contributed by atoms with Gasteiger partial charge in [0.05, 0.1) is 17.1 Å². The molecule has 0 heterocycles. The highest BCUT2D eigenvalue weighted by molar-refractivity contribution is 8.00. The normalized spacial score (nSPS) is 10.2. The average Bonchev–Trinajstić information content (AvgIpc) is 2.39. The molecule has 0 aliphatic heterocycles. The molecule has 2 rings (SSSR count). The third-order valence-corrected chi connectivity index (χ3v) is 3.63. The molecule has 0 saturated heterocycles. The lowest BCUT2D eigenvalue weighted by atomic mass is 10.3. The molecule has 0 fully saturated rings. The van der Waals surface area contributed by atoms with E-state index in [0.717, 1.165) is 4.90 Å². The summed E-state index contributed by atoms with van der Waals surface area (Å²) in [5.74, 6) is 0.220. The van der Waals surface area contributed by atoms with Crippen LogP contribution in [0.4, 0.5) is 11.4 Å². The number of nitrogen functional groups attached to an aromatic ring is 1. The summed E-state index contributed by atoms with van der Waals surface area (Å²) in [6, 6.07) is 14.6. The minimum absolute atomic E-state index is 0.0946. The summed E-state index contributed by atoms with van der Waals surface area (Å²) < 4.78 is 0. The molecule has 1 amide bonds. The van der Waals surface area contributed by atoms with Crippen LogP contribution in [0, 0.1) is 0 Å². The molecule has 0 aromatic heterocycles. The third kappa shape index (κ3) is 4.19. The molecule has 19 heavy (non-hydrogen) atoms. The van der Waals surface area contributed by atoms with Gasteiger partial charge in [-0.05, 0) is 30.3 Å². The van der Waals surface area contributed by atoms with E-state index < -0.39 is 0 Å². The lowest BCUT2D eigenvalue weighted by Crippen LogP contribution is -2.15. The predicted molar refractivity (Wildman–Crippen MR) is 81.7 cm³/mol. The Hall–Kier alpha value is -1.65. The summed E-state index contributed by atoms with van der Waals surface area (Å²) in [5, 5.41) is 3.44. The summed E-state index contributed by atoms with van der Waals surface area (Å²) in [4.78, 5) is 12.8. The molecular weight excluding hydrogens is 280 g/mol. The highest BCUT2D eigenvalue weighted by Gasteiger charge is 2.05. The van der Waals surface area contributed by atoms with Crippen molar-refractivity contribution in [3.63, 3.8) is 0 Å². The number of para-hydroxylation sites is 2. The van der Waals surface area contributed by atoms with Crippen molar-refractivity contribution < 1.29 is 4.79 Å². The Labute approximate surface area is 121 Å². The van der Waals surface area contributed by atoms with Crippen molar-refractivity contribution in [2.45, 2.75) is 4.90 Å². The van der Waals surface area contributed by atoms with Crippen LogP contribution in [0.5, 0.6) is 0 Å². The number of nitrogens with one attached hydrogen (secondary N) is 1. The van der Waals surface area contributed by atoms with Gasteiger partial charge in [0.15, 0.2) is 0 Å². The van der Waals surface area contributed by atoms with Gasteiger partial charge in [0, 0.05) is 9.92 Å². The van der Waals surface area contributed by atoms with Gasteiger partial charge in [-0.15, -0.1) is 11.8 Å². The van der Waals surface area contributed by atoms with Crippen molar-refractivity contribution in [2.24, 2.45) is 0 Å². The Morgan fingerprint density at radius 3 is 2.74 bits per heavy atom. The molecule has 0 spiro atoms. The molecule has 3 N–H and O–H groups in total. The van der Waals surface area contributed by atoms with E-state index in [9.17, 15) is 4.79 Å². The van der Waals surface area contributed by atoms with Gasteiger partial charge in [-0.2, -0.15) is 0 Å². The number of anilines is 2. The topological polar surface area (TPSA) is 55.1 Å². The molecule has 0 aliphatic rings. The summed E-state index contributed by atoms with van der Waals surface area (Å²) in [6.45, 7) is 0. The molecule has 0 bridgehead atoms. The van der Waals surface area contributed by atoms with E-state index in [0.29, 0.717) is 22.2 Å². The fraction of sp³-hybridized carbons (Fsp3) is 0.0714. The Kier molecular flexibility index (Phi) is 4.71. The second-order valence-corrected chi connectivity index (χ2v) is 5.37. The quantitative estimate of drug-likeness (QED) is 0.668. The Balaban J connectivity index is 1.90. The minimum atomic E-state index is -0.0946. The SMILES string of the molecule is Nc1ccccc1NC(=O)CSc1cccc(Cl)c1. The van der Waals surface area contributed by atoms with E-state index in [-0.39, 0.29) is 5.91 Å². The van der Waals surface area contributed by atoms with E-state index >= 15 is 0 Å². The highest BCUT2D eigenvalue weighted by atomic mass is 35.5. The van der Waals surface area contributed by atoms with E-state index in [1.54, 1.807) is 18.2 Å². The molecule has 98 valence electrons. The van der Waals surface area contributed by atoms with Crippen molar-refractivity contribution in [3.8, 4) is 0 Å². The molecule has 0 atom stereocenters. The fourth-order valence-corrected chi connectivity index (χ4v) is 2.51. The number of rotatable bonds is 4. The Morgan fingerprint density at radius 1 is 1.21 bits per heavy atom. The van der Waals surface area contributed by atoms with Crippen molar-refractivity contribution in [2.75, 3.05) is 16.8 Å². The maximum absolute atomic E-state index is 11.8. The summed E-state index contributed by atoms with van der Waals surface area (Å²) >= 11 is 7.31. The lowest BCUT2D eigenvalue weighted by Gasteiger charge is -2.07. The van der Waals surface area contributed by atoms with Gasteiger partial charge in [0.1, 0.15) is 0 Å². The first kappa shape index (κ1) is 13.8. The zero-order valence-corrected chi connectivity index (χ0v) is 11.7. The average molecular weight is 293 g/mol. The molecular formula is C14H13ClN2OS. The van der Waals surface area contributed by atoms with Crippen LogP contribution in [0.25, 0.3) is 0 Å². The fourth-order valence-electron chi connectivity index (χ4n) is 1.50. The van der Waals surface area contributed by atoms with E-state index in [1.165, 1.54) is 11.8 Å². The van der Waals surface area contributed by atoms with Gasteiger partial charge >= 0.3 is 0 Å². The molecule has 2 aromatic carbocycles. The van der Waals surface area contributed by atoms with E-state index in [1.807, 2.05) is 30.3 Å². The first-order valence-corrected chi connectivity index (χ1v) is 7.04. The number of amides is 1. The van der Waals surface area contributed by atoms with Crippen molar-refractivity contribution in [3.05, 3.63) is 53.6 Å². The summed E-state index contributed by atoms with van der Waals surface area (Å²) in [5.41, 5.74) is 6.95. The van der Waals surface area contributed by atoms with Gasteiger partial charge in [-0.3, -0.25) is 4.79 Å². The van der Waals surface area contributed by atoms with Crippen LogP contribution in [0.15, 0.2) is 53.4 Å². The smallest absolute Gasteiger partial charge is 0.234 e. The standard InChI is InChI=1S/C14H13ClN2OS/c15-10-4-3-5-11(8-10)19-9-14(18)17-13-7-2-1-6-12(13)16/h1-8H,9,16H2,(H,17,18). The first-order valence-electron chi connectivity index (χ1n) is 5.68. The van der Waals surface area contributed by atoms with Crippen LogP contribution in [0.1, 0.15) is 0 Å². The van der Waals surface area contributed by atoms with Crippen LogP contribution in [-0.4, -0.2) is 11.7 Å². The number of hydrogen-bond acceptors (Lipinski definition) is 3. The third-order valence-electron chi connectivity index (χ3n) is 2.40. The second-order valence-electron chi connectivity index (χ2n) is 3.88. The summed E-state index contributed by atoms with van der Waals surface area (Å²) in [6.07, 6.45) is 0. The monoisotopic (exact) mass is 292 g/mol. The number of benzene rings is 2. The van der Waals surface area contributed by atoms with Crippen LogP contribution in [0.2, 0.25) is 5.02 Å². The number of thioether (sulfide) groups is 1. The zero-order valence-electron chi connectivity index (χ0n) is 10.1. The number of hydrogen-bond donors (Lipinski definition) is 2. The molecule has 3 nitrogen and oxygen atoms in total. The zero-order chi connectivity index (χ0) is 13.7. The Bertz CT molecular complexity index is 589. The van der Waals surface area contributed by atoms with Crippen LogP contribution in [0.3, 0.4) is 0 Å². The molecule has 5 heteroatoms. The van der Waals surface area contributed by atoms with Crippen LogP contribution >= 0.6 is 23.4 Å². The number of carbonyl (C=O) groups is 1. The maximum atomic E-state index is 11.8. The van der Waals surface area contributed by atoms with Gasteiger partial charge in [0.25, 0.3) is 0 Å². The van der Waals surface area contributed by atoms with Crippen molar-refractivity contribution in [1.29, 1.82) is 0 Å². The lowest BCUT2D eigenvalue weighted by molar-refractivity contribution is -0.113. The highest BCUT2D eigenvalue weighted by Crippen LogP contribution is 2.22. The molecule has 0 aliphatic carbocycles. The largest absolute Gasteiger partial charge is 0.397 e. The van der Waals surface area contributed by atoms with Gasteiger partial charge in [-0.25, -0.2) is 0 Å². The number of halogens is 1. The van der Waals surface area contributed by atoms with E-state index in [4.69, 9.17) is 17.3 Å². The minimum Gasteiger partial charge on any atom is -0.397 e. The molecule has 0 saturated carbocycles. The first-order chi connectivity index (χ1) is 9.15.